The van der Waals surface area contributed by atoms with Crippen molar-refractivity contribution in [2.45, 2.75) is 57.9 Å². The number of hydrogen-bond donors (Lipinski definition) is 3. The zero-order valence-corrected chi connectivity index (χ0v) is 12.6. The summed E-state index contributed by atoms with van der Waals surface area (Å²) in [5, 5.41) is 19.0. The average molecular weight is 293 g/mol. The highest BCUT2D eigenvalue weighted by atomic mass is 16.4. The molecular formula is C15H23N3O3. The number of aromatic nitrogens is 2. The average Bonchev–Trinajstić information content (AvgIpc) is 2.81. The van der Waals surface area contributed by atoms with Crippen LogP contribution in [0.3, 0.4) is 0 Å². The van der Waals surface area contributed by atoms with E-state index in [-0.39, 0.29) is 17.9 Å². The number of carbonyl (C=O) groups is 2. The number of aromatic amines is 1. The Hall–Kier alpha value is -1.85. The molecule has 0 aromatic carbocycles. The minimum Gasteiger partial charge on any atom is -0.481 e. The maximum Gasteiger partial charge on any atom is 0.308 e. The fraction of sp³-hybridized carbons (Fsp3) is 0.667. The van der Waals surface area contributed by atoms with Crippen LogP contribution in [0.1, 0.15) is 68.1 Å². The number of amides is 1. The number of nitrogens with zero attached hydrogens (tertiary/aromatic N) is 1. The Morgan fingerprint density at radius 2 is 2.05 bits per heavy atom. The van der Waals surface area contributed by atoms with Crippen LogP contribution in [0.25, 0.3) is 0 Å². The fourth-order valence-corrected chi connectivity index (χ4v) is 2.77. The van der Waals surface area contributed by atoms with Crippen LogP contribution < -0.4 is 5.32 Å². The Labute approximate surface area is 124 Å². The number of aliphatic carboxylic acids is 1. The molecular weight excluding hydrogens is 270 g/mol. The number of H-pyrrole nitrogens is 1. The SMILES string of the molecule is CC(C)c1cc(C(=O)N[C@H]2CCCCC[C@H]2C(=O)O)n[nH]1. The van der Waals surface area contributed by atoms with Crippen LogP contribution in [0.15, 0.2) is 6.07 Å². The molecule has 1 heterocycles. The minimum atomic E-state index is -0.827. The summed E-state index contributed by atoms with van der Waals surface area (Å²) < 4.78 is 0. The first kappa shape index (κ1) is 15.5. The molecule has 2 rings (SSSR count). The van der Waals surface area contributed by atoms with Gasteiger partial charge in [-0.1, -0.05) is 33.1 Å². The molecule has 1 saturated carbocycles. The lowest BCUT2D eigenvalue weighted by Gasteiger charge is -2.22. The van der Waals surface area contributed by atoms with E-state index in [0.29, 0.717) is 18.5 Å². The van der Waals surface area contributed by atoms with Gasteiger partial charge in [-0.2, -0.15) is 5.10 Å². The molecule has 21 heavy (non-hydrogen) atoms. The van der Waals surface area contributed by atoms with Crippen LogP contribution in [-0.2, 0) is 4.79 Å². The van der Waals surface area contributed by atoms with Crippen LogP contribution in [0.5, 0.6) is 0 Å². The van der Waals surface area contributed by atoms with E-state index in [1.54, 1.807) is 6.07 Å². The second kappa shape index (κ2) is 6.74. The monoisotopic (exact) mass is 293 g/mol. The molecule has 0 spiro atoms. The van der Waals surface area contributed by atoms with E-state index in [1.165, 1.54) is 0 Å². The first-order valence-corrected chi connectivity index (χ1v) is 7.58. The van der Waals surface area contributed by atoms with E-state index in [2.05, 4.69) is 15.5 Å². The highest BCUT2D eigenvalue weighted by Gasteiger charge is 2.31. The number of hydrogen-bond acceptors (Lipinski definition) is 3. The Balaban J connectivity index is 2.06. The third-order valence-corrected chi connectivity index (χ3v) is 4.10. The smallest absolute Gasteiger partial charge is 0.308 e. The highest BCUT2D eigenvalue weighted by Crippen LogP contribution is 2.24. The maximum atomic E-state index is 12.2. The second-order valence-electron chi connectivity index (χ2n) is 6.03. The van der Waals surface area contributed by atoms with Crippen molar-refractivity contribution >= 4 is 11.9 Å². The van der Waals surface area contributed by atoms with Gasteiger partial charge in [0, 0.05) is 11.7 Å². The molecule has 1 fully saturated rings. The minimum absolute atomic E-state index is 0.267. The molecule has 116 valence electrons. The normalized spacial score (nSPS) is 22.8. The van der Waals surface area contributed by atoms with Gasteiger partial charge in [0.15, 0.2) is 0 Å². The lowest BCUT2D eigenvalue weighted by molar-refractivity contribution is -0.142. The Kier molecular flexibility index (Phi) is 4.98. The Bertz CT molecular complexity index is 510. The number of rotatable bonds is 4. The molecule has 6 heteroatoms. The molecule has 1 aliphatic rings. The maximum absolute atomic E-state index is 12.2. The van der Waals surface area contributed by atoms with E-state index in [0.717, 1.165) is 25.0 Å². The first-order chi connectivity index (χ1) is 9.99. The predicted molar refractivity (Wildman–Crippen MR) is 78.1 cm³/mol. The molecule has 2 atom stereocenters. The van der Waals surface area contributed by atoms with E-state index in [1.807, 2.05) is 13.8 Å². The van der Waals surface area contributed by atoms with E-state index in [9.17, 15) is 14.7 Å². The number of carboxylic acid groups (broad SMARTS) is 1. The van der Waals surface area contributed by atoms with Crippen molar-refractivity contribution < 1.29 is 14.7 Å². The summed E-state index contributed by atoms with van der Waals surface area (Å²) in [4.78, 5) is 23.6. The largest absolute Gasteiger partial charge is 0.481 e. The van der Waals surface area contributed by atoms with Crippen molar-refractivity contribution in [1.29, 1.82) is 0 Å². The molecule has 0 bridgehead atoms. The van der Waals surface area contributed by atoms with Crippen LogP contribution in [0.4, 0.5) is 0 Å². The van der Waals surface area contributed by atoms with Crippen LogP contribution >= 0.6 is 0 Å². The summed E-state index contributed by atoms with van der Waals surface area (Å²) in [5.41, 5.74) is 1.22. The van der Waals surface area contributed by atoms with Crippen molar-refractivity contribution in [2.24, 2.45) is 5.92 Å². The summed E-state index contributed by atoms with van der Waals surface area (Å²) in [5.74, 6) is -1.35. The van der Waals surface area contributed by atoms with Crippen LogP contribution in [0.2, 0.25) is 0 Å². The van der Waals surface area contributed by atoms with Crippen molar-refractivity contribution in [2.75, 3.05) is 0 Å². The Morgan fingerprint density at radius 1 is 1.33 bits per heavy atom. The first-order valence-electron chi connectivity index (χ1n) is 7.58. The summed E-state index contributed by atoms with van der Waals surface area (Å²) in [6, 6.07) is 1.42. The van der Waals surface area contributed by atoms with Crippen molar-refractivity contribution in [3.05, 3.63) is 17.5 Å². The molecule has 0 saturated heterocycles. The lowest BCUT2D eigenvalue weighted by atomic mass is 9.95. The third-order valence-electron chi connectivity index (χ3n) is 4.10. The molecule has 1 amide bonds. The lowest BCUT2D eigenvalue weighted by Crippen LogP contribution is -2.43. The van der Waals surface area contributed by atoms with Crippen molar-refractivity contribution in [3.8, 4) is 0 Å². The van der Waals surface area contributed by atoms with Gasteiger partial charge in [0.25, 0.3) is 5.91 Å². The molecule has 3 N–H and O–H groups in total. The van der Waals surface area contributed by atoms with Gasteiger partial charge < -0.3 is 10.4 Å². The number of nitrogens with one attached hydrogen (secondary N) is 2. The van der Waals surface area contributed by atoms with Crippen molar-refractivity contribution in [3.63, 3.8) is 0 Å². The van der Waals surface area contributed by atoms with Gasteiger partial charge in [-0.25, -0.2) is 0 Å². The Morgan fingerprint density at radius 3 is 2.67 bits per heavy atom. The van der Waals surface area contributed by atoms with E-state index >= 15 is 0 Å². The van der Waals surface area contributed by atoms with Gasteiger partial charge in [0.1, 0.15) is 5.69 Å². The molecule has 0 aliphatic heterocycles. The summed E-state index contributed by atoms with van der Waals surface area (Å²) in [7, 11) is 0. The fourth-order valence-electron chi connectivity index (χ4n) is 2.77. The quantitative estimate of drug-likeness (QED) is 0.742. The molecule has 1 aromatic rings. The third kappa shape index (κ3) is 3.83. The van der Waals surface area contributed by atoms with E-state index < -0.39 is 11.9 Å². The highest BCUT2D eigenvalue weighted by molar-refractivity contribution is 5.92. The zero-order valence-electron chi connectivity index (χ0n) is 12.6. The predicted octanol–water partition coefficient (Wildman–Crippen LogP) is 2.30. The molecule has 6 nitrogen and oxygen atoms in total. The zero-order chi connectivity index (χ0) is 15.4. The van der Waals surface area contributed by atoms with Gasteiger partial charge in [0.2, 0.25) is 0 Å². The number of carboxylic acids is 1. The van der Waals surface area contributed by atoms with Gasteiger partial charge in [-0.3, -0.25) is 14.7 Å². The van der Waals surface area contributed by atoms with Crippen LogP contribution in [-0.4, -0.2) is 33.2 Å². The summed E-state index contributed by atoms with van der Waals surface area (Å²) >= 11 is 0. The topological polar surface area (TPSA) is 95.1 Å². The second-order valence-corrected chi connectivity index (χ2v) is 6.03. The van der Waals surface area contributed by atoms with E-state index in [4.69, 9.17) is 0 Å². The molecule has 1 aromatic heterocycles. The van der Waals surface area contributed by atoms with Gasteiger partial charge >= 0.3 is 5.97 Å². The van der Waals surface area contributed by atoms with Gasteiger partial charge in [0.05, 0.1) is 5.92 Å². The van der Waals surface area contributed by atoms with Gasteiger partial charge in [-0.05, 0) is 24.8 Å². The van der Waals surface area contributed by atoms with Crippen LogP contribution in [0, 0.1) is 5.92 Å². The van der Waals surface area contributed by atoms with Gasteiger partial charge in [-0.15, -0.1) is 0 Å². The standard InChI is InChI=1S/C15H23N3O3/c1-9(2)12-8-13(18-17-12)14(19)16-11-7-5-3-4-6-10(11)15(20)21/h8-11H,3-7H2,1-2H3,(H,16,19)(H,17,18)(H,20,21)/t10-,11+/m1/s1. The number of carbonyl (C=O) groups excluding carboxylic acids is 1. The molecule has 0 radical (unpaired) electrons. The summed E-state index contributed by atoms with van der Waals surface area (Å²) in [6.45, 7) is 4.03. The summed E-state index contributed by atoms with van der Waals surface area (Å²) in [6.07, 6.45) is 4.22. The molecule has 1 aliphatic carbocycles. The van der Waals surface area contributed by atoms with Crippen molar-refractivity contribution in [1.82, 2.24) is 15.5 Å². The molecule has 0 unspecified atom stereocenters.